The Bertz CT molecular complexity index is 306. The van der Waals surface area contributed by atoms with Crippen LogP contribution in [0.4, 0.5) is 0 Å². The Labute approximate surface area is 92.8 Å². The standard InChI is InChI=1S/C11H22O3S/c1-4-11(2,12)9-6-5-7-10(8-9)15(3,13)14/h9-10,12H,4-8H2,1-3H3. The fraction of sp³-hybridized carbons (Fsp3) is 1.00. The van der Waals surface area contributed by atoms with Crippen LogP contribution in [0, 0.1) is 5.92 Å². The maximum absolute atomic E-state index is 11.5. The van der Waals surface area contributed by atoms with E-state index in [1.54, 1.807) is 0 Å². The van der Waals surface area contributed by atoms with Crippen molar-refractivity contribution in [2.45, 2.75) is 56.8 Å². The first-order chi connectivity index (χ1) is 6.77. The summed E-state index contributed by atoms with van der Waals surface area (Å²) < 4.78 is 22.9. The lowest BCUT2D eigenvalue weighted by Crippen LogP contribution is -2.40. The highest BCUT2D eigenvalue weighted by atomic mass is 32.2. The second-order valence-electron chi connectivity index (χ2n) is 5.03. The molecule has 0 saturated heterocycles. The molecule has 0 bridgehead atoms. The number of hydrogen-bond donors (Lipinski definition) is 1. The van der Waals surface area contributed by atoms with Gasteiger partial charge < -0.3 is 5.11 Å². The second kappa shape index (κ2) is 4.42. The SMILES string of the molecule is CCC(C)(O)C1CCCC(S(C)(=O)=O)C1. The molecule has 0 aliphatic heterocycles. The average Bonchev–Trinajstić information content (AvgIpc) is 2.17. The largest absolute Gasteiger partial charge is 0.390 e. The molecule has 90 valence electrons. The van der Waals surface area contributed by atoms with Gasteiger partial charge in [0.1, 0.15) is 9.84 Å². The van der Waals surface area contributed by atoms with Crippen molar-refractivity contribution in [2.24, 2.45) is 5.92 Å². The van der Waals surface area contributed by atoms with E-state index >= 15 is 0 Å². The van der Waals surface area contributed by atoms with Crippen LogP contribution >= 0.6 is 0 Å². The summed E-state index contributed by atoms with van der Waals surface area (Å²) in [6, 6.07) is 0. The first-order valence-corrected chi connectivity index (χ1v) is 7.64. The summed E-state index contributed by atoms with van der Waals surface area (Å²) >= 11 is 0. The van der Waals surface area contributed by atoms with Gasteiger partial charge in [-0.05, 0) is 38.5 Å². The minimum absolute atomic E-state index is 0.135. The van der Waals surface area contributed by atoms with Gasteiger partial charge in [-0.25, -0.2) is 8.42 Å². The highest BCUT2D eigenvalue weighted by Gasteiger charge is 2.37. The number of rotatable bonds is 3. The summed E-state index contributed by atoms with van der Waals surface area (Å²) in [6.45, 7) is 3.77. The predicted molar refractivity (Wildman–Crippen MR) is 61.5 cm³/mol. The monoisotopic (exact) mass is 234 g/mol. The summed E-state index contributed by atoms with van der Waals surface area (Å²) in [6.07, 6.45) is 5.25. The van der Waals surface area contributed by atoms with Gasteiger partial charge in [-0.3, -0.25) is 0 Å². The molecular weight excluding hydrogens is 212 g/mol. The van der Waals surface area contributed by atoms with Gasteiger partial charge in [-0.15, -0.1) is 0 Å². The van der Waals surface area contributed by atoms with Gasteiger partial charge in [0.25, 0.3) is 0 Å². The van der Waals surface area contributed by atoms with Crippen molar-refractivity contribution < 1.29 is 13.5 Å². The Balaban J connectivity index is 2.73. The molecule has 4 heteroatoms. The van der Waals surface area contributed by atoms with E-state index in [0.717, 1.165) is 19.3 Å². The average molecular weight is 234 g/mol. The minimum Gasteiger partial charge on any atom is -0.390 e. The van der Waals surface area contributed by atoms with Crippen molar-refractivity contribution in [3.8, 4) is 0 Å². The highest BCUT2D eigenvalue weighted by molar-refractivity contribution is 7.91. The van der Waals surface area contributed by atoms with Gasteiger partial charge in [0.15, 0.2) is 0 Å². The van der Waals surface area contributed by atoms with Gasteiger partial charge in [-0.1, -0.05) is 13.3 Å². The normalized spacial score (nSPS) is 32.3. The molecule has 15 heavy (non-hydrogen) atoms. The van der Waals surface area contributed by atoms with Crippen molar-refractivity contribution in [3.05, 3.63) is 0 Å². The zero-order valence-electron chi connectivity index (χ0n) is 9.86. The second-order valence-corrected chi connectivity index (χ2v) is 7.35. The molecule has 1 aliphatic carbocycles. The van der Waals surface area contributed by atoms with E-state index in [4.69, 9.17) is 0 Å². The zero-order chi connectivity index (χ0) is 11.7. The van der Waals surface area contributed by atoms with Gasteiger partial charge in [0.2, 0.25) is 0 Å². The molecule has 0 amide bonds. The molecular formula is C11H22O3S. The van der Waals surface area contributed by atoms with E-state index in [9.17, 15) is 13.5 Å². The molecule has 1 rings (SSSR count). The lowest BCUT2D eigenvalue weighted by Gasteiger charge is -2.37. The van der Waals surface area contributed by atoms with Crippen LogP contribution in [-0.4, -0.2) is 30.6 Å². The third-order valence-electron chi connectivity index (χ3n) is 3.83. The molecule has 0 spiro atoms. The van der Waals surface area contributed by atoms with Crippen LogP contribution in [0.2, 0.25) is 0 Å². The Morgan fingerprint density at radius 3 is 2.47 bits per heavy atom. The molecule has 0 heterocycles. The van der Waals surface area contributed by atoms with Crippen LogP contribution < -0.4 is 0 Å². The summed E-state index contributed by atoms with van der Waals surface area (Å²) in [4.78, 5) is 0. The first-order valence-electron chi connectivity index (χ1n) is 5.68. The van der Waals surface area contributed by atoms with Gasteiger partial charge >= 0.3 is 0 Å². The van der Waals surface area contributed by atoms with E-state index < -0.39 is 15.4 Å². The van der Waals surface area contributed by atoms with Crippen LogP contribution in [0.15, 0.2) is 0 Å². The molecule has 0 aromatic rings. The number of hydrogen-bond acceptors (Lipinski definition) is 3. The highest BCUT2D eigenvalue weighted by Crippen LogP contribution is 2.36. The van der Waals surface area contributed by atoms with E-state index in [1.807, 2.05) is 13.8 Å². The van der Waals surface area contributed by atoms with Gasteiger partial charge in [0, 0.05) is 6.26 Å². The van der Waals surface area contributed by atoms with Crippen molar-refractivity contribution >= 4 is 9.84 Å². The van der Waals surface area contributed by atoms with E-state index in [-0.39, 0.29) is 11.2 Å². The molecule has 1 fully saturated rings. The van der Waals surface area contributed by atoms with Gasteiger partial charge in [0.05, 0.1) is 10.9 Å². The maximum Gasteiger partial charge on any atom is 0.150 e. The number of aliphatic hydroxyl groups is 1. The lowest BCUT2D eigenvalue weighted by molar-refractivity contribution is -0.0188. The van der Waals surface area contributed by atoms with Crippen LogP contribution in [0.3, 0.4) is 0 Å². The Hall–Kier alpha value is -0.0900. The minimum atomic E-state index is -2.94. The van der Waals surface area contributed by atoms with Gasteiger partial charge in [-0.2, -0.15) is 0 Å². The molecule has 0 radical (unpaired) electrons. The van der Waals surface area contributed by atoms with E-state index in [0.29, 0.717) is 12.8 Å². The first kappa shape index (κ1) is 13.0. The van der Waals surface area contributed by atoms with Crippen molar-refractivity contribution in [2.75, 3.05) is 6.26 Å². The summed E-state index contributed by atoms with van der Waals surface area (Å²) in [7, 11) is -2.94. The molecule has 3 atom stereocenters. The van der Waals surface area contributed by atoms with Crippen LogP contribution in [-0.2, 0) is 9.84 Å². The molecule has 0 aromatic heterocycles. The molecule has 3 nitrogen and oxygen atoms in total. The fourth-order valence-corrected chi connectivity index (χ4v) is 3.56. The van der Waals surface area contributed by atoms with Crippen molar-refractivity contribution in [1.29, 1.82) is 0 Å². The quantitative estimate of drug-likeness (QED) is 0.809. The van der Waals surface area contributed by atoms with Crippen molar-refractivity contribution in [1.82, 2.24) is 0 Å². The fourth-order valence-electron chi connectivity index (χ4n) is 2.39. The smallest absolute Gasteiger partial charge is 0.150 e. The van der Waals surface area contributed by atoms with E-state index in [1.165, 1.54) is 6.26 Å². The molecule has 0 aromatic carbocycles. The summed E-state index contributed by atoms with van der Waals surface area (Å²) in [5.41, 5.74) is -0.705. The number of sulfone groups is 1. The third-order valence-corrected chi connectivity index (χ3v) is 5.47. The third kappa shape index (κ3) is 3.18. The van der Waals surface area contributed by atoms with Crippen molar-refractivity contribution in [3.63, 3.8) is 0 Å². The van der Waals surface area contributed by atoms with E-state index in [2.05, 4.69) is 0 Å². The van der Waals surface area contributed by atoms with Crippen LogP contribution in [0.25, 0.3) is 0 Å². The summed E-state index contributed by atoms with van der Waals surface area (Å²) in [5.74, 6) is 0.135. The molecule has 1 aliphatic rings. The Kier molecular flexibility index (Phi) is 3.82. The predicted octanol–water partition coefficient (Wildman–Crippen LogP) is 1.75. The maximum atomic E-state index is 11.5. The van der Waals surface area contributed by atoms with Crippen LogP contribution in [0.1, 0.15) is 46.0 Å². The van der Waals surface area contributed by atoms with Crippen LogP contribution in [0.5, 0.6) is 0 Å². The topological polar surface area (TPSA) is 54.4 Å². The Morgan fingerprint density at radius 2 is 2.00 bits per heavy atom. The Morgan fingerprint density at radius 1 is 1.40 bits per heavy atom. The lowest BCUT2D eigenvalue weighted by atomic mass is 9.76. The zero-order valence-corrected chi connectivity index (χ0v) is 10.7. The molecule has 3 unspecified atom stereocenters. The summed E-state index contributed by atoms with van der Waals surface area (Å²) in [5, 5.41) is 9.90. The molecule has 1 saturated carbocycles. The molecule has 1 N–H and O–H groups in total.